The van der Waals surface area contributed by atoms with Crippen LogP contribution in [0.5, 0.6) is 0 Å². The van der Waals surface area contributed by atoms with E-state index in [4.69, 9.17) is 16.0 Å². The minimum absolute atomic E-state index is 0.0377. The van der Waals surface area contributed by atoms with Gasteiger partial charge >= 0.3 is 0 Å². The van der Waals surface area contributed by atoms with E-state index in [9.17, 15) is 8.42 Å². The molecule has 23 heavy (non-hydrogen) atoms. The molecule has 5 nitrogen and oxygen atoms in total. The lowest BCUT2D eigenvalue weighted by Crippen LogP contribution is -2.03. The topological polar surface area (TPSA) is 72.2 Å². The molecular weight excluding hydrogens is 404 g/mol. The molecule has 0 atom stereocenters. The molecule has 0 spiro atoms. The number of benzene rings is 2. The summed E-state index contributed by atoms with van der Waals surface area (Å²) < 4.78 is 30.3. The first-order valence-electron chi connectivity index (χ1n) is 6.74. The SMILES string of the molecule is CCS(=O)(=O)c1ccc2oc(Nc3ccc(Br)cc3Cl)nc2c1. The highest BCUT2D eigenvalue weighted by atomic mass is 79.9. The van der Waals surface area contributed by atoms with Gasteiger partial charge in [0.25, 0.3) is 6.01 Å². The molecule has 3 aromatic rings. The summed E-state index contributed by atoms with van der Waals surface area (Å²) in [5, 5.41) is 3.49. The first kappa shape index (κ1) is 16.3. The second kappa shape index (κ2) is 6.14. The zero-order valence-corrected chi connectivity index (χ0v) is 15.2. The van der Waals surface area contributed by atoms with Crippen LogP contribution in [-0.2, 0) is 9.84 Å². The summed E-state index contributed by atoms with van der Waals surface area (Å²) in [6.45, 7) is 1.60. The maximum absolute atomic E-state index is 11.9. The fraction of sp³-hybridized carbons (Fsp3) is 0.133. The van der Waals surface area contributed by atoms with Gasteiger partial charge in [-0.3, -0.25) is 0 Å². The number of aromatic nitrogens is 1. The molecule has 8 heteroatoms. The lowest BCUT2D eigenvalue weighted by atomic mass is 10.3. The van der Waals surface area contributed by atoms with Crippen LogP contribution in [0.25, 0.3) is 11.1 Å². The smallest absolute Gasteiger partial charge is 0.300 e. The number of oxazole rings is 1. The Kier molecular flexibility index (Phi) is 4.35. The van der Waals surface area contributed by atoms with Gasteiger partial charge in [-0.15, -0.1) is 0 Å². The summed E-state index contributed by atoms with van der Waals surface area (Å²) in [6.07, 6.45) is 0. The highest BCUT2D eigenvalue weighted by molar-refractivity contribution is 9.10. The van der Waals surface area contributed by atoms with Crippen LogP contribution in [0.2, 0.25) is 5.02 Å². The van der Waals surface area contributed by atoms with Gasteiger partial charge in [0.05, 0.1) is 21.4 Å². The van der Waals surface area contributed by atoms with E-state index in [0.29, 0.717) is 21.8 Å². The van der Waals surface area contributed by atoms with Gasteiger partial charge in [0, 0.05) is 4.47 Å². The van der Waals surface area contributed by atoms with Crippen LogP contribution in [0.4, 0.5) is 11.7 Å². The number of rotatable bonds is 4. The molecule has 0 fully saturated rings. The van der Waals surface area contributed by atoms with E-state index in [2.05, 4.69) is 26.2 Å². The molecular formula is C15H12BrClN2O3S. The predicted octanol–water partition coefficient (Wildman–Crippen LogP) is 4.78. The van der Waals surface area contributed by atoms with E-state index in [1.165, 1.54) is 12.1 Å². The molecule has 0 bridgehead atoms. The first-order chi connectivity index (χ1) is 10.9. The average Bonchev–Trinajstić information content (AvgIpc) is 2.91. The molecule has 0 unspecified atom stereocenters. The maximum Gasteiger partial charge on any atom is 0.300 e. The van der Waals surface area contributed by atoms with E-state index in [-0.39, 0.29) is 16.7 Å². The summed E-state index contributed by atoms with van der Waals surface area (Å²) in [5.74, 6) is 0.0377. The highest BCUT2D eigenvalue weighted by Crippen LogP contribution is 2.30. The largest absolute Gasteiger partial charge is 0.423 e. The molecule has 0 aliphatic rings. The number of fused-ring (bicyclic) bond motifs is 1. The van der Waals surface area contributed by atoms with E-state index in [1.54, 1.807) is 25.1 Å². The van der Waals surface area contributed by atoms with Gasteiger partial charge in [-0.2, -0.15) is 4.98 Å². The predicted molar refractivity (Wildman–Crippen MR) is 94.2 cm³/mol. The zero-order valence-electron chi connectivity index (χ0n) is 12.0. The Bertz CT molecular complexity index is 986. The molecule has 0 aliphatic heterocycles. The summed E-state index contributed by atoms with van der Waals surface area (Å²) >= 11 is 9.48. The number of halogens is 2. The van der Waals surface area contributed by atoms with Gasteiger partial charge in [-0.05, 0) is 36.4 Å². The van der Waals surface area contributed by atoms with Crippen molar-refractivity contribution in [1.29, 1.82) is 0 Å². The van der Waals surface area contributed by atoms with Crippen LogP contribution in [0.1, 0.15) is 6.92 Å². The van der Waals surface area contributed by atoms with Gasteiger partial charge in [0.1, 0.15) is 5.52 Å². The van der Waals surface area contributed by atoms with Crippen molar-refractivity contribution in [2.45, 2.75) is 11.8 Å². The lowest BCUT2D eigenvalue weighted by molar-refractivity contribution is 0.597. The van der Waals surface area contributed by atoms with E-state index < -0.39 is 9.84 Å². The molecule has 1 heterocycles. The van der Waals surface area contributed by atoms with E-state index >= 15 is 0 Å². The monoisotopic (exact) mass is 414 g/mol. The van der Waals surface area contributed by atoms with Crippen molar-refractivity contribution in [1.82, 2.24) is 4.98 Å². The number of sulfone groups is 1. The molecule has 0 amide bonds. The van der Waals surface area contributed by atoms with Crippen molar-refractivity contribution >= 4 is 60.2 Å². The standard InChI is InChI=1S/C15H12BrClN2O3S/c1-2-23(20,21)10-4-6-14-13(8-10)19-15(22-14)18-12-5-3-9(16)7-11(12)17/h3-8H,2H2,1H3,(H,18,19). The van der Waals surface area contributed by atoms with Crippen molar-refractivity contribution in [2.24, 2.45) is 0 Å². The second-order valence-corrected chi connectivity index (χ2v) is 8.40. The minimum Gasteiger partial charge on any atom is -0.423 e. The third-order valence-corrected chi connectivity index (χ3v) is 5.81. The van der Waals surface area contributed by atoms with Crippen LogP contribution in [0, 0.1) is 0 Å². The van der Waals surface area contributed by atoms with E-state index in [0.717, 1.165) is 4.47 Å². The molecule has 3 rings (SSSR count). The summed E-state index contributed by atoms with van der Waals surface area (Å²) in [7, 11) is -3.28. The van der Waals surface area contributed by atoms with Gasteiger partial charge in [0.2, 0.25) is 0 Å². The van der Waals surface area contributed by atoms with Gasteiger partial charge < -0.3 is 9.73 Å². The van der Waals surface area contributed by atoms with Crippen molar-refractivity contribution in [3.63, 3.8) is 0 Å². The van der Waals surface area contributed by atoms with Gasteiger partial charge in [0.15, 0.2) is 15.4 Å². The highest BCUT2D eigenvalue weighted by Gasteiger charge is 2.15. The Morgan fingerprint density at radius 1 is 1.26 bits per heavy atom. The summed E-state index contributed by atoms with van der Waals surface area (Å²) in [4.78, 5) is 4.50. The number of nitrogens with one attached hydrogen (secondary N) is 1. The Balaban J connectivity index is 1.97. The summed E-state index contributed by atoms with van der Waals surface area (Å²) in [6, 6.07) is 10.2. The third kappa shape index (κ3) is 3.36. The minimum atomic E-state index is -3.28. The quantitative estimate of drug-likeness (QED) is 0.664. The zero-order chi connectivity index (χ0) is 16.6. The van der Waals surface area contributed by atoms with Crippen LogP contribution in [-0.4, -0.2) is 19.2 Å². The molecule has 120 valence electrons. The van der Waals surface area contributed by atoms with Crippen LogP contribution < -0.4 is 5.32 Å². The van der Waals surface area contributed by atoms with Crippen molar-refractivity contribution in [3.05, 3.63) is 45.9 Å². The van der Waals surface area contributed by atoms with Crippen LogP contribution >= 0.6 is 27.5 Å². The number of nitrogens with zero attached hydrogens (tertiary/aromatic N) is 1. The fourth-order valence-electron chi connectivity index (χ4n) is 2.03. The van der Waals surface area contributed by atoms with Gasteiger partial charge in [-0.1, -0.05) is 34.5 Å². The fourth-order valence-corrected chi connectivity index (χ4v) is 3.65. The second-order valence-electron chi connectivity index (χ2n) is 4.80. The van der Waals surface area contributed by atoms with E-state index in [1.807, 2.05) is 6.07 Å². The number of hydrogen-bond acceptors (Lipinski definition) is 5. The Hall–Kier alpha value is -1.57. The molecule has 1 N–H and O–H groups in total. The van der Waals surface area contributed by atoms with Crippen LogP contribution in [0.3, 0.4) is 0 Å². The van der Waals surface area contributed by atoms with Crippen LogP contribution in [0.15, 0.2) is 50.2 Å². The normalized spacial score (nSPS) is 11.8. The molecule has 2 aromatic carbocycles. The van der Waals surface area contributed by atoms with Gasteiger partial charge in [-0.25, -0.2) is 8.42 Å². The molecule has 0 aliphatic carbocycles. The summed E-state index contributed by atoms with van der Waals surface area (Å²) in [5.41, 5.74) is 1.61. The Morgan fingerprint density at radius 3 is 2.74 bits per heavy atom. The molecule has 0 radical (unpaired) electrons. The molecule has 1 aromatic heterocycles. The average molecular weight is 416 g/mol. The molecule has 0 saturated carbocycles. The number of anilines is 2. The van der Waals surface area contributed by atoms with Crippen molar-refractivity contribution in [2.75, 3.05) is 11.1 Å². The third-order valence-electron chi connectivity index (χ3n) is 3.27. The Morgan fingerprint density at radius 2 is 2.04 bits per heavy atom. The lowest BCUT2D eigenvalue weighted by Gasteiger charge is -2.04. The maximum atomic E-state index is 11.9. The molecule has 0 saturated heterocycles. The number of hydrogen-bond donors (Lipinski definition) is 1. The Labute approximate surface area is 146 Å². The first-order valence-corrected chi connectivity index (χ1v) is 9.57. The van der Waals surface area contributed by atoms with Crippen molar-refractivity contribution in [3.8, 4) is 0 Å². The van der Waals surface area contributed by atoms with Crippen molar-refractivity contribution < 1.29 is 12.8 Å².